The number of likely N-dealkylation sites (N-methyl/N-ethyl adjacent to an activating group) is 1. The standard InChI is InChI=1S/C16H26BrN3/c1-3-18-13-14-6-7-16(15(17)12-14)19(2)10-11-20-8-4-5-9-20/h6-7,12,18H,3-5,8-11,13H2,1-2H3. The third-order valence-electron chi connectivity index (χ3n) is 3.95. The quantitative estimate of drug-likeness (QED) is 0.823. The van der Waals surface area contributed by atoms with Gasteiger partial charge < -0.3 is 15.1 Å². The number of anilines is 1. The van der Waals surface area contributed by atoms with E-state index in [4.69, 9.17) is 0 Å². The first-order valence-electron chi connectivity index (χ1n) is 7.63. The van der Waals surface area contributed by atoms with Crippen LogP contribution in [0.5, 0.6) is 0 Å². The smallest absolute Gasteiger partial charge is 0.0508 e. The highest BCUT2D eigenvalue weighted by Crippen LogP contribution is 2.26. The van der Waals surface area contributed by atoms with Crippen LogP contribution in [0.2, 0.25) is 0 Å². The van der Waals surface area contributed by atoms with Crippen molar-refractivity contribution in [2.45, 2.75) is 26.3 Å². The first-order chi connectivity index (χ1) is 9.70. The highest BCUT2D eigenvalue weighted by molar-refractivity contribution is 9.10. The largest absolute Gasteiger partial charge is 0.372 e. The van der Waals surface area contributed by atoms with Gasteiger partial charge in [0.15, 0.2) is 0 Å². The number of hydrogen-bond acceptors (Lipinski definition) is 3. The number of hydrogen-bond donors (Lipinski definition) is 1. The van der Waals surface area contributed by atoms with Gasteiger partial charge in [0.2, 0.25) is 0 Å². The van der Waals surface area contributed by atoms with E-state index >= 15 is 0 Å². The molecule has 0 aromatic heterocycles. The Morgan fingerprint density at radius 1 is 1.30 bits per heavy atom. The van der Waals surface area contributed by atoms with Crippen LogP contribution in [0.1, 0.15) is 25.3 Å². The first kappa shape index (κ1) is 15.8. The highest BCUT2D eigenvalue weighted by atomic mass is 79.9. The molecule has 3 nitrogen and oxygen atoms in total. The number of benzene rings is 1. The van der Waals surface area contributed by atoms with Gasteiger partial charge in [0.05, 0.1) is 5.69 Å². The molecule has 1 aliphatic heterocycles. The Morgan fingerprint density at radius 3 is 2.70 bits per heavy atom. The van der Waals surface area contributed by atoms with Crippen molar-refractivity contribution in [3.05, 3.63) is 28.2 Å². The molecule has 112 valence electrons. The molecule has 1 fully saturated rings. The maximum atomic E-state index is 3.71. The molecule has 1 aromatic rings. The maximum Gasteiger partial charge on any atom is 0.0508 e. The average molecular weight is 340 g/mol. The lowest BCUT2D eigenvalue weighted by Gasteiger charge is -2.24. The van der Waals surface area contributed by atoms with Crippen molar-refractivity contribution >= 4 is 21.6 Å². The second-order valence-corrected chi connectivity index (χ2v) is 6.39. The number of nitrogens with one attached hydrogen (secondary N) is 1. The fourth-order valence-electron chi connectivity index (χ4n) is 2.66. The molecule has 0 aliphatic carbocycles. The van der Waals surface area contributed by atoms with E-state index in [0.29, 0.717) is 0 Å². The van der Waals surface area contributed by atoms with Crippen LogP contribution in [0.4, 0.5) is 5.69 Å². The Morgan fingerprint density at radius 2 is 2.05 bits per heavy atom. The van der Waals surface area contributed by atoms with E-state index in [1.54, 1.807) is 0 Å². The summed E-state index contributed by atoms with van der Waals surface area (Å²) in [4.78, 5) is 4.91. The average Bonchev–Trinajstić information content (AvgIpc) is 2.96. The topological polar surface area (TPSA) is 18.5 Å². The van der Waals surface area contributed by atoms with Gasteiger partial charge in [0.25, 0.3) is 0 Å². The molecule has 0 bridgehead atoms. The molecule has 1 aliphatic rings. The molecule has 1 saturated heterocycles. The van der Waals surface area contributed by atoms with Crippen molar-refractivity contribution in [2.24, 2.45) is 0 Å². The second-order valence-electron chi connectivity index (χ2n) is 5.54. The van der Waals surface area contributed by atoms with Crippen LogP contribution in [-0.2, 0) is 6.54 Å². The number of halogens is 1. The van der Waals surface area contributed by atoms with Gasteiger partial charge in [-0.25, -0.2) is 0 Å². The second kappa shape index (κ2) is 8.01. The summed E-state index contributed by atoms with van der Waals surface area (Å²) in [5.41, 5.74) is 2.61. The van der Waals surface area contributed by atoms with Gasteiger partial charge in [-0.1, -0.05) is 13.0 Å². The van der Waals surface area contributed by atoms with Crippen LogP contribution < -0.4 is 10.2 Å². The first-order valence-corrected chi connectivity index (χ1v) is 8.42. The van der Waals surface area contributed by atoms with Crippen molar-refractivity contribution < 1.29 is 0 Å². The fraction of sp³-hybridized carbons (Fsp3) is 0.625. The van der Waals surface area contributed by atoms with E-state index in [1.807, 2.05) is 0 Å². The molecule has 0 unspecified atom stereocenters. The van der Waals surface area contributed by atoms with Gasteiger partial charge in [-0.3, -0.25) is 0 Å². The molecular weight excluding hydrogens is 314 g/mol. The lowest BCUT2D eigenvalue weighted by atomic mass is 10.2. The zero-order valence-electron chi connectivity index (χ0n) is 12.7. The minimum absolute atomic E-state index is 0.937. The van der Waals surface area contributed by atoms with Gasteiger partial charge in [-0.15, -0.1) is 0 Å². The summed E-state index contributed by atoms with van der Waals surface area (Å²) >= 11 is 3.71. The third kappa shape index (κ3) is 4.47. The summed E-state index contributed by atoms with van der Waals surface area (Å²) in [6.07, 6.45) is 2.74. The zero-order valence-corrected chi connectivity index (χ0v) is 14.2. The van der Waals surface area contributed by atoms with Crippen molar-refractivity contribution in [3.63, 3.8) is 0 Å². The molecular formula is C16H26BrN3. The lowest BCUT2D eigenvalue weighted by molar-refractivity contribution is 0.346. The van der Waals surface area contributed by atoms with Gasteiger partial charge >= 0.3 is 0 Å². The van der Waals surface area contributed by atoms with Crippen LogP contribution in [0.25, 0.3) is 0 Å². The normalized spacial score (nSPS) is 15.8. The van der Waals surface area contributed by atoms with E-state index < -0.39 is 0 Å². The van der Waals surface area contributed by atoms with Gasteiger partial charge in [-0.05, 0) is 66.1 Å². The molecule has 0 amide bonds. The summed E-state index contributed by atoms with van der Waals surface area (Å²) in [5.74, 6) is 0. The monoisotopic (exact) mass is 339 g/mol. The predicted molar refractivity (Wildman–Crippen MR) is 90.5 cm³/mol. The van der Waals surface area contributed by atoms with Crippen molar-refractivity contribution in [1.82, 2.24) is 10.2 Å². The molecule has 20 heavy (non-hydrogen) atoms. The molecule has 0 saturated carbocycles. The molecule has 1 N–H and O–H groups in total. The minimum atomic E-state index is 0.937. The highest BCUT2D eigenvalue weighted by Gasteiger charge is 2.13. The molecule has 0 radical (unpaired) electrons. The van der Waals surface area contributed by atoms with Crippen LogP contribution in [0.3, 0.4) is 0 Å². The fourth-order valence-corrected chi connectivity index (χ4v) is 3.39. The Kier molecular flexibility index (Phi) is 6.33. The van der Waals surface area contributed by atoms with E-state index in [1.165, 1.54) is 48.2 Å². The lowest BCUT2D eigenvalue weighted by Crippen LogP contribution is -2.31. The molecule has 1 heterocycles. The summed E-state index contributed by atoms with van der Waals surface area (Å²) < 4.78 is 1.19. The van der Waals surface area contributed by atoms with Crippen LogP contribution in [0.15, 0.2) is 22.7 Å². The molecule has 0 atom stereocenters. The Labute approximate surface area is 131 Å². The van der Waals surface area contributed by atoms with Crippen molar-refractivity contribution in [3.8, 4) is 0 Å². The van der Waals surface area contributed by atoms with E-state index in [9.17, 15) is 0 Å². The molecule has 2 rings (SSSR count). The Balaban J connectivity index is 1.89. The zero-order chi connectivity index (χ0) is 14.4. The van der Waals surface area contributed by atoms with Gasteiger partial charge in [0, 0.05) is 31.2 Å². The summed E-state index contributed by atoms with van der Waals surface area (Å²) in [6.45, 7) is 8.89. The maximum absolute atomic E-state index is 3.71. The molecule has 1 aromatic carbocycles. The van der Waals surface area contributed by atoms with E-state index in [0.717, 1.165) is 19.6 Å². The Hall–Kier alpha value is -0.580. The van der Waals surface area contributed by atoms with E-state index in [-0.39, 0.29) is 0 Å². The summed E-state index contributed by atoms with van der Waals surface area (Å²) in [5, 5.41) is 3.36. The molecule has 4 heteroatoms. The predicted octanol–water partition coefficient (Wildman–Crippen LogP) is 3.09. The van der Waals surface area contributed by atoms with Crippen LogP contribution in [0, 0.1) is 0 Å². The van der Waals surface area contributed by atoms with Crippen LogP contribution >= 0.6 is 15.9 Å². The number of nitrogens with zero attached hydrogens (tertiary/aromatic N) is 2. The van der Waals surface area contributed by atoms with E-state index in [2.05, 4.69) is 63.2 Å². The molecule has 0 spiro atoms. The number of likely N-dealkylation sites (tertiary alicyclic amines) is 1. The van der Waals surface area contributed by atoms with Crippen molar-refractivity contribution in [1.29, 1.82) is 0 Å². The number of rotatable bonds is 7. The summed E-state index contributed by atoms with van der Waals surface area (Å²) in [7, 11) is 2.18. The van der Waals surface area contributed by atoms with Crippen LogP contribution in [-0.4, -0.2) is 44.7 Å². The van der Waals surface area contributed by atoms with Crippen molar-refractivity contribution in [2.75, 3.05) is 44.7 Å². The summed E-state index contributed by atoms with van der Waals surface area (Å²) in [6, 6.07) is 6.67. The van der Waals surface area contributed by atoms with Gasteiger partial charge in [0.1, 0.15) is 0 Å². The van der Waals surface area contributed by atoms with Gasteiger partial charge in [-0.2, -0.15) is 0 Å². The minimum Gasteiger partial charge on any atom is -0.372 e. The SMILES string of the molecule is CCNCc1ccc(N(C)CCN2CCCC2)c(Br)c1. The Bertz CT molecular complexity index is 416. The third-order valence-corrected chi connectivity index (χ3v) is 4.59.